The van der Waals surface area contributed by atoms with Crippen LogP contribution in [0.1, 0.15) is 25.5 Å². The minimum absolute atomic E-state index is 0.151. The van der Waals surface area contributed by atoms with Gasteiger partial charge in [-0.05, 0) is 43.5 Å². The standard InChI is InChI=1S/C17H18ClFN4OS/c1-11-10-24-7-6-23(11)14-8-13(21-16(18)22-14)17(4-5-17)25-15-3-2-12(19)9-20-15/h2-3,8-9,11H,4-7,10H2,1H3/t11-/m0/s1. The van der Waals surface area contributed by atoms with Crippen LogP contribution in [-0.2, 0) is 9.48 Å². The van der Waals surface area contributed by atoms with Crippen LogP contribution in [0.25, 0.3) is 0 Å². The molecule has 132 valence electrons. The van der Waals surface area contributed by atoms with Crippen LogP contribution in [0.4, 0.5) is 10.2 Å². The van der Waals surface area contributed by atoms with Crippen molar-refractivity contribution in [3.8, 4) is 0 Å². The fourth-order valence-corrected chi connectivity index (χ4v) is 4.34. The molecule has 0 unspecified atom stereocenters. The van der Waals surface area contributed by atoms with Gasteiger partial charge in [-0.1, -0.05) is 11.8 Å². The zero-order valence-corrected chi connectivity index (χ0v) is 15.4. The van der Waals surface area contributed by atoms with E-state index in [1.54, 1.807) is 17.8 Å². The van der Waals surface area contributed by atoms with Crippen molar-refractivity contribution in [3.05, 3.63) is 41.2 Å². The molecular weight excluding hydrogens is 363 g/mol. The first-order chi connectivity index (χ1) is 12.1. The van der Waals surface area contributed by atoms with Crippen LogP contribution in [0.15, 0.2) is 29.4 Å². The molecule has 4 rings (SSSR count). The van der Waals surface area contributed by atoms with E-state index in [0.717, 1.165) is 35.9 Å². The summed E-state index contributed by atoms with van der Waals surface area (Å²) < 4.78 is 18.4. The Kier molecular flexibility index (Phi) is 4.56. The Morgan fingerprint density at radius 3 is 2.88 bits per heavy atom. The van der Waals surface area contributed by atoms with Crippen LogP contribution < -0.4 is 4.90 Å². The van der Waals surface area contributed by atoms with Gasteiger partial charge in [-0.25, -0.2) is 19.3 Å². The lowest BCUT2D eigenvalue weighted by molar-refractivity contribution is 0.0985. The van der Waals surface area contributed by atoms with Crippen LogP contribution in [0.3, 0.4) is 0 Å². The molecule has 0 bridgehead atoms. The van der Waals surface area contributed by atoms with Gasteiger partial charge in [0.15, 0.2) is 0 Å². The van der Waals surface area contributed by atoms with E-state index in [1.807, 2.05) is 6.07 Å². The Labute approximate surface area is 155 Å². The quantitative estimate of drug-likeness (QED) is 0.754. The molecule has 3 heterocycles. The van der Waals surface area contributed by atoms with Crippen LogP contribution >= 0.6 is 23.4 Å². The fraction of sp³-hybridized carbons (Fsp3) is 0.471. The number of thioether (sulfide) groups is 1. The highest BCUT2D eigenvalue weighted by molar-refractivity contribution is 8.00. The largest absolute Gasteiger partial charge is 0.377 e. The minimum Gasteiger partial charge on any atom is -0.377 e. The minimum atomic E-state index is -0.331. The van der Waals surface area contributed by atoms with Gasteiger partial charge in [0.2, 0.25) is 5.28 Å². The lowest BCUT2D eigenvalue weighted by Crippen LogP contribution is -2.44. The zero-order chi connectivity index (χ0) is 17.4. The van der Waals surface area contributed by atoms with Gasteiger partial charge in [0.1, 0.15) is 11.6 Å². The number of pyridine rings is 1. The van der Waals surface area contributed by atoms with E-state index in [4.69, 9.17) is 16.3 Å². The second-order valence-corrected chi connectivity index (χ2v) is 8.15. The molecular formula is C17H18ClFN4OS. The summed E-state index contributed by atoms with van der Waals surface area (Å²) >= 11 is 7.83. The highest BCUT2D eigenvalue weighted by Gasteiger charge is 2.48. The number of nitrogens with zero attached hydrogens (tertiary/aromatic N) is 4. The Hall–Kier alpha value is -1.44. The molecule has 5 nitrogen and oxygen atoms in total. The number of rotatable bonds is 4. The molecule has 0 aromatic carbocycles. The summed E-state index contributed by atoms with van der Waals surface area (Å²) in [6, 6.07) is 5.40. The van der Waals surface area contributed by atoms with E-state index in [1.165, 1.54) is 12.3 Å². The highest BCUT2D eigenvalue weighted by atomic mass is 35.5. The SMILES string of the molecule is C[C@H]1COCCN1c1cc(C2(Sc3ccc(F)cn3)CC2)nc(Cl)n1. The summed E-state index contributed by atoms with van der Waals surface area (Å²) in [7, 11) is 0. The topological polar surface area (TPSA) is 51.1 Å². The van der Waals surface area contributed by atoms with Crippen molar-refractivity contribution in [3.63, 3.8) is 0 Å². The fourth-order valence-electron chi connectivity index (χ4n) is 3.00. The van der Waals surface area contributed by atoms with Gasteiger partial charge in [-0.3, -0.25) is 0 Å². The maximum Gasteiger partial charge on any atom is 0.224 e. The molecule has 2 aliphatic rings. The highest BCUT2D eigenvalue weighted by Crippen LogP contribution is 2.59. The molecule has 0 N–H and O–H groups in total. The number of morpholine rings is 1. The van der Waals surface area contributed by atoms with E-state index in [9.17, 15) is 4.39 Å². The predicted molar refractivity (Wildman–Crippen MR) is 95.6 cm³/mol. The average molecular weight is 381 g/mol. The number of anilines is 1. The maximum atomic E-state index is 13.1. The van der Waals surface area contributed by atoms with Crippen molar-refractivity contribution in [1.82, 2.24) is 15.0 Å². The smallest absolute Gasteiger partial charge is 0.224 e. The Morgan fingerprint density at radius 1 is 1.36 bits per heavy atom. The molecule has 1 saturated heterocycles. The Morgan fingerprint density at radius 2 is 2.20 bits per heavy atom. The van der Waals surface area contributed by atoms with Gasteiger partial charge in [-0.15, -0.1) is 0 Å². The molecule has 0 amide bonds. The summed E-state index contributed by atoms with van der Waals surface area (Å²) in [5, 5.41) is 1.04. The molecule has 2 fully saturated rings. The molecule has 1 saturated carbocycles. The van der Waals surface area contributed by atoms with Crippen molar-refractivity contribution < 1.29 is 9.13 Å². The molecule has 2 aromatic heterocycles. The molecule has 8 heteroatoms. The normalized spacial score (nSPS) is 22.0. The van der Waals surface area contributed by atoms with Gasteiger partial charge in [0.05, 0.1) is 40.9 Å². The third kappa shape index (κ3) is 3.59. The van der Waals surface area contributed by atoms with Crippen molar-refractivity contribution in [1.29, 1.82) is 0 Å². The van der Waals surface area contributed by atoms with Gasteiger partial charge < -0.3 is 9.64 Å². The number of aromatic nitrogens is 3. The number of halogens is 2. The van der Waals surface area contributed by atoms with E-state index < -0.39 is 0 Å². The van der Waals surface area contributed by atoms with Crippen LogP contribution in [0.2, 0.25) is 5.28 Å². The lowest BCUT2D eigenvalue weighted by Gasteiger charge is -2.34. The van der Waals surface area contributed by atoms with Crippen molar-refractivity contribution in [2.45, 2.75) is 35.6 Å². The molecule has 2 aromatic rings. The van der Waals surface area contributed by atoms with Crippen LogP contribution in [0, 0.1) is 5.82 Å². The molecule has 0 radical (unpaired) electrons. The third-order valence-electron chi connectivity index (χ3n) is 4.52. The first-order valence-electron chi connectivity index (χ1n) is 8.26. The van der Waals surface area contributed by atoms with Crippen LogP contribution in [0.5, 0.6) is 0 Å². The van der Waals surface area contributed by atoms with Crippen molar-refractivity contribution in [2.75, 3.05) is 24.7 Å². The van der Waals surface area contributed by atoms with Crippen molar-refractivity contribution in [2.24, 2.45) is 0 Å². The van der Waals surface area contributed by atoms with Gasteiger partial charge in [0.25, 0.3) is 0 Å². The Bertz CT molecular complexity index is 772. The maximum absolute atomic E-state index is 13.1. The third-order valence-corrected chi connectivity index (χ3v) is 6.15. The average Bonchev–Trinajstić information content (AvgIpc) is 3.38. The number of hydrogen-bond acceptors (Lipinski definition) is 6. The summed E-state index contributed by atoms with van der Waals surface area (Å²) in [5.41, 5.74) is 0.914. The molecule has 1 aliphatic heterocycles. The summed E-state index contributed by atoms with van der Waals surface area (Å²) in [6.45, 7) is 4.25. The van der Waals surface area contributed by atoms with E-state index in [-0.39, 0.29) is 21.9 Å². The van der Waals surface area contributed by atoms with E-state index >= 15 is 0 Å². The molecule has 1 atom stereocenters. The predicted octanol–water partition coefficient (Wildman–Crippen LogP) is 3.67. The lowest BCUT2D eigenvalue weighted by atomic mass is 10.2. The first-order valence-corrected chi connectivity index (χ1v) is 9.45. The molecule has 0 spiro atoms. The second kappa shape index (κ2) is 6.70. The Balaban J connectivity index is 1.62. The van der Waals surface area contributed by atoms with Crippen molar-refractivity contribution >= 4 is 29.2 Å². The zero-order valence-electron chi connectivity index (χ0n) is 13.8. The van der Waals surface area contributed by atoms with Gasteiger partial charge in [0, 0.05) is 12.6 Å². The van der Waals surface area contributed by atoms with E-state index in [2.05, 4.69) is 26.8 Å². The molecule has 1 aliphatic carbocycles. The van der Waals surface area contributed by atoms with Crippen LogP contribution in [-0.4, -0.2) is 40.8 Å². The number of ether oxygens (including phenoxy) is 1. The van der Waals surface area contributed by atoms with Gasteiger partial charge in [-0.2, -0.15) is 0 Å². The first kappa shape index (κ1) is 17.0. The second-order valence-electron chi connectivity index (χ2n) is 6.41. The number of hydrogen-bond donors (Lipinski definition) is 0. The summed E-state index contributed by atoms with van der Waals surface area (Å²) in [5.74, 6) is 0.507. The molecule has 25 heavy (non-hydrogen) atoms. The van der Waals surface area contributed by atoms with E-state index in [0.29, 0.717) is 13.2 Å². The van der Waals surface area contributed by atoms with Gasteiger partial charge >= 0.3 is 0 Å². The summed E-state index contributed by atoms with van der Waals surface area (Å²) in [6.07, 6.45) is 3.22. The summed E-state index contributed by atoms with van der Waals surface area (Å²) in [4.78, 5) is 15.3. The monoisotopic (exact) mass is 380 g/mol.